The van der Waals surface area contributed by atoms with E-state index >= 15 is 0 Å². The number of hydrogen-bond donors (Lipinski definition) is 2. The van der Waals surface area contributed by atoms with Gasteiger partial charge < -0.3 is 20.7 Å². The van der Waals surface area contributed by atoms with Crippen LogP contribution in [0, 0.1) is 5.92 Å². The molecule has 1 aliphatic carbocycles. The van der Waals surface area contributed by atoms with Gasteiger partial charge in [-0.05, 0) is 44.1 Å². The molecule has 3 amide bonds. The first-order chi connectivity index (χ1) is 13.0. The van der Waals surface area contributed by atoms with E-state index in [0.29, 0.717) is 12.5 Å². The van der Waals surface area contributed by atoms with Gasteiger partial charge in [-0.3, -0.25) is 14.4 Å². The predicted molar refractivity (Wildman–Crippen MR) is 101 cm³/mol. The number of amides is 3. The molecule has 1 saturated carbocycles. The van der Waals surface area contributed by atoms with Crippen LogP contribution in [0.25, 0.3) is 0 Å². The summed E-state index contributed by atoms with van der Waals surface area (Å²) in [4.78, 5) is 42.5. The monoisotopic (exact) mass is 376 g/mol. The first-order valence-electron chi connectivity index (χ1n) is 9.47. The number of methoxy groups -OCH3 is 1. The molecule has 2 heterocycles. The Labute approximate surface area is 159 Å². The summed E-state index contributed by atoms with van der Waals surface area (Å²) in [5, 5.41) is 2.54. The van der Waals surface area contributed by atoms with Gasteiger partial charge in [-0.25, -0.2) is 4.98 Å². The van der Waals surface area contributed by atoms with Gasteiger partial charge in [0, 0.05) is 14.0 Å². The molecule has 0 radical (unpaired) electrons. The van der Waals surface area contributed by atoms with Crippen molar-refractivity contribution < 1.29 is 20.5 Å². The third-order valence-corrected chi connectivity index (χ3v) is 5.52. The molecule has 148 valence electrons. The minimum atomic E-state index is -0.723. The molecule has 3 rings (SSSR count). The highest BCUT2D eigenvalue weighted by molar-refractivity contribution is 6.39. The second kappa shape index (κ2) is 8.37. The second-order valence-corrected chi connectivity index (χ2v) is 7.21. The normalized spacial score (nSPS) is 20.3. The number of nitrogens with zero attached hydrogens (tertiary/aromatic N) is 2. The molecular weight excluding hydrogens is 348 g/mol. The zero-order valence-electron chi connectivity index (χ0n) is 15.6. The van der Waals surface area contributed by atoms with Crippen LogP contribution in [0.5, 0.6) is 5.88 Å². The van der Waals surface area contributed by atoms with Crippen molar-refractivity contribution in [2.45, 2.75) is 51.0 Å². The minimum absolute atomic E-state index is 0. The molecule has 8 heteroatoms. The fourth-order valence-corrected chi connectivity index (χ4v) is 4.22. The number of ether oxygens (including phenoxy) is 1. The SMILES string of the molecule is COc1ncc(NC(=O)C(=O)N2CCCC[C@@H]2C2CCCC2)cc1C(N)=O.[HH]. The van der Waals surface area contributed by atoms with Crippen molar-refractivity contribution >= 4 is 23.4 Å². The Hall–Kier alpha value is -2.64. The van der Waals surface area contributed by atoms with Gasteiger partial charge in [-0.15, -0.1) is 0 Å². The Morgan fingerprint density at radius 2 is 1.93 bits per heavy atom. The van der Waals surface area contributed by atoms with E-state index in [1.807, 2.05) is 0 Å². The number of anilines is 1. The van der Waals surface area contributed by atoms with E-state index < -0.39 is 17.7 Å². The highest BCUT2D eigenvalue weighted by Crippen LogP contribution is 2.35. The first-order valence-corrected chi connectivity index (χ1v) is 9.47. The van der Waals surface area contributed by atoms with Crippen molar-refractivity contribution in [3.05, 3.63) is 17.8 Å². The summed E-state index contributed by atoms with van der Waals surface area (Å²) in [5.41, 5.74) is 5.59. The number of carbonyl (C=O) groups is 3. The molecule has 1 aliphatic heterocycles. The minimum Gasteiger partial charge on any atom is -0.480 e. The van der Waals surface area contributed by atoms with Crippen molar-refractivity contribution in [1.29, 1.82) is 0 Å². The number of piperidine rings is 1. The van der Waals surface area contributed by atoms with Crippen molar-refractivity contribution in [2.75, 3.05) is 19.0 Å². The summed E-state index contributed by atoms with van der Waals surface area (Å²) >= 11 is 0. The fraction of sp³-hybridized carbons (Fsp3) is 0.579. The van der Waals surface area contributed by atoms with Gasteiger partial charge in [-0.1, -0.05) is 12.8 Å². The Kier molecular flexibility index (Phi) is 5.93. The highest BCUT2D eigenvalue weighted by atomic mass is 16.5. The quantitative estimate of drug-likeness (QED) is 0.780. The van der Waals surface area contributed by atoms with Gasteiger partial charge in [0.15, 0.2) is 0 Å². The number of hydrogen-bond acceptors (Lipinski definition) is 5. The maximum absolute atomic E-state index is 12.8. The summed E-state index contributed by atoms with van der Waals surface area (Å²) in [6.45, 7) is 0.612. The van der Waals surface area contributed by atoms with E-state index in [4.69, 9.17) is 10.5 Å². The molecule has 8 nitrogen and oxygen atoms in total. The average Bonchev–Trinajstić information content (AvgIpc) is 3.22. The Balaban J connectivity index is 0.00000280. The molecule has 3 N–H and O–H groups in total. The lowest BCUT2D eigenvalue weighted by Crippen LogP contribution is -2.50. The zero-order valence-corrected chi connectivity index (χ0v) is 15.6. The smallest absolute Gasteiger partial charge is 0.313 e. The molecule has 1 aromatic heterocycles. The molecule has 2 aliphatic rings. The van der Waals surface area contributed by atoms with Crippen LogP contribution < -0.4 is 15.8 Å². The lowest BCUT2D eigenvalue weighted by Gasteiger charge is -2.38. The molecule has 0 spiro atoms. The fourth-order valence-electron chi connectivity index (χ4n) is 4.22. The van der Waals surface area contributed by atoms with Crippen LogP contribution in [0.1, 0.15) is 56.7 Å². The second-order valence-electron chi connectivity index (χ2n) is 7.21. The van der Waals surface area contributed by atoms with Crippen molar-refractivity contribution in [1.82, 2.24) is 9.88 Å². The number of rotatable bonds is 4. The number of likely N-dealkylation sites (tertiary alicyclic amines) is 1. The van der Waals surface area contributed by atoms with Crippen molar-refractivity contribution in [2.24, 2.45) is 11.7 Å². The summed E-state index contributed by atoms with van der Waals surface area (Å²) < 4.78 is 4.98. The molecule has 0 aromatic carbocycles. The maximum atomic E-state index is 12.8. The Morgan fingerprint density at radius 1 is 1.22 bits per heavy atom. The largest absolute Gasteiger partial charge is 0.480 e. The standard InChI is InChI=1S/C19H26N4O4.H2/c1-27-18-14(16(20)24)10-13(11-21-18)22-17(25)19(26)23-9-5-4-8-15(23)12-6-2-3-7-12;/h10-12,15H,2-9H2,1H3,(H2,20,24)(H,22,25);1H/t15-;/m1./s1. The molecular formula is C19H28N4O4. The lowest BCUT2D eigenvalue weighted by molar-refractivity contribution is -0.146. The van der Waals surface area contributed by atoms with Gasteiger partial charge in [-0.2, -0.15) is 0 Å². The van der Waals surface area contributed by atoms with Crippen molar-refractivity contribution in [3.63, 3.8) is 0 Å². The first kappa shape index (κ1) is 19.1. The topological polar surface area (TPSA) is 115 Å². The third kappa shape index (κ3) is 4.20. The van der Waals surface area contributed by atoms with E-state index in [1.165, 1.54) is 32.2 Å². The Morgan fingerprint density at radius 3 is 2.59 bits per heavy atom. The number of aromatic nitrogens is 1. The maximum Gasteiger partial charge on any atom is 0.313 e. The summed E-state index contributed by atoms with van der Waals surface area (Å²) in [5.74, 6) is -1.40. The van der Waals surface area contributed by atoms with E-state index in [0.717, 1.165) is 32.1 Å². The van der Waals surface area contributed by atoms with Gasteiger partial charge in [0.2, 0.25) is 5.88 Å². The van der Waals surface area contributed by atoms with Crippen LogP contribution in [0.4, 0.5) is 5.69 Å². The molecule has 2 fully saturated rings. The van der Waals surface area contributed by atoms with E-state index in [-0.39, 0.29) is 24.6 Å². The summed E-state index contributed by atoms with van der Waals surface area (Å²) in [6, 6.07) is 1.51. The zero-order chi connectivity index (χ0) is 19.4. The Bertz CT molecular complexity index is 737. The lowest BCUT2D eigenvalue weighted by atomic mass is 9.89. The van der Waals surface area contributed by atoms with Crippen LogP contribution in [0.2, 0.25) is 0 Å². The number of primary amides is 1. The van der Waals surface area contributed by atoms with Crippen molar-refractivity contribution in [3.8, 4) is 5.88 Å². The third-order valence-electron chi connectivity index (χ3n) is 5.52. The van der Waals surface area contributed by atoms with E-state index in [2.05, 4.69) is 10.3 Å². The summed E-state index contributed by atoms with van der Waals surface area (Å²) in [7, 11) is 1.37. The van der Waals surface area contributed by atoms with Crippen LogP contribution >= 0.6 is 0 Å². The molecule has 0 bridgehead atoms. The average molecular weight is 376 g/mol. The van der Waals surface area contributed by atoms with Gasteiger partial charge >= 0.3 is 11.8 Å². The number of carbonyl (C=O) groups excluding carboxylic acids is 3. The molecule has 1 aromatic rings. The number of nitrogens with two attached hydrogens (primary N) is 1. The molecule has 1 saturated heterocycles. The van der Waals surface area contributed by atoms with Gasteiger partial charge in [0.25, 0.3) is 5.91 Å². The molecule has 0 unspecified atom stereocenters. The van der Waals surface area contributed by atoms with E-state index in [1.54, 1.807) is 4.90 Å². The molecule has 27 heavy (non-hydrogen) atoms. The summed E-state index contributed by atoms with van der Waals surface area (Å²) in [6.07, 6.45) is 8.95. The number of pyridine rings is 1. The van der Waals surface area contributed by atoms with Crippen LogP contribution in [-0.4, -0.2) is 47.3 Å². The van der Waals surface area contributed by atoms with Crippen LogP contribution in [-0.2, 0) is 9.59 Å². The van der Waals surface area contributed by atoms with Gasteiger partial charge in [0.05, 0.1) is 19.0 Å². The number of nitrogens with one attached hydrogen (secondary N) is 1. The highest BCUT2D eigenvalue weighted by Gasteiger charge is 2.36. The van der Waals surface area contributed by atoms with Crippen LogP contribution in [0.15, 0.2) is 12.3 Å². The predicted octanol–water partition coefficient (Wildman–Crippen LogP) is 1.94. The molecule has 1 atom stereocenters. The van der Waals surface area contributed by atoms with Crippen LogP contribution in [0.3, 0.4) is 0 Å². The van der Waals surface area contributed by atoms with E-state index in [9.17, 15) is 14.4 Å². The van der Waals surface area contributed by atoms with Gasteiger partial charge in [0.1, 0.15) is 5.56 Å².